The minimum Gasteiger partial charge on any atom is -0.393 e. The zero-order valence-corrected chi connectivity index (χ0v) is 14.9. The molecule has 0 spiro atoms. The molecular formula is C20H28N2O3. The highest BCUT2D eigenvalue weighted by molar-refractivity contribution is 5.80. The van der Waals surface area contributed by atoms with Gasteiger partial charge >= 0.3 is 0 Å². The molecule has 1 aromatic rings. The lowest BCUT2D eigenvalue weighted by molar-refractivity contribution is -0.134. The van der Waals surface area contributed by atoms with Crippen LogP contribution in [0.1, 0.15) is 38.2 Å². The van der Waals surface area contributed by atoms with Gasteiger partial charge in [-0.3, -0.25) is 9.59 Å². The lowest BCUT2D eigenvalue weighted by atomic mass is 9.75. The molecule has 0 bridgehead atoms. The van der Waals surface area contributed by atoms with Crippen LogP contribution in [0, 0.1) is 11.8 Å². The summed E-state index contributed by atoms with van der Waals surface area (Å²) in [7, 11) is 0. The van der Waals surface area contributed by atoms with Crippen molar-refractivity contribution >= 4 is 11.8 Å². The number of nitrogens with one attached hydrogen (secondary N) is 1. The number of amides is 2. The minimum atomic E-state index is -0.223. The van der Waals surface area contributed by atoms with E-state index in [2.05, 4.69) is 17.4 Å². The molecule has 1 aliphatic heterocycles. The predicted octanol–water partition coefficient (Wildman–Crippen LogP) is 1.74. The van der Waals surface area contributed by atoms with Crippen LogP contribution in [0.5, 0.6) is 0 Å². The van der Waals surface area contributed by atoms with Gasteiger partial charge in [0.2, 0.25) is 11.8 Å². The van der Waals surface area contributed by atoms with E-state index in [0.29, 0.717) is 19.0 Å². The number of piperidine rings is 1. The molecule has 136 valence electrons. The number of nitrogens with zero attached hydrogens (tertiary/aromatic N) is 1. The maximum absolute atomic E-state index is 12.7. The van der Waals surface area contributed by atoms with Crippen LogP contribution in [0.15, 0.2) is 30.3 Å². The first kappa shape index (κ1) is 17.9. The van der Waals surface area contributed by atoms with Gasteiger partial charge in [-0.2, -0.15) is 0 Å². The molecule has 3 rings (SSSR count). The van der Waals surface area contributed by atoms with E-state index in [0.717, 1.165) is 32.1 Å². The molecule has 1 saturated heterocycles. The topological polar surface area (TPSA) is 69.6 Å². The standard InChI is InChI=1S/C20H28N2O3/c1-14(23)22-9-7-16(8-10-22)20(25)21-19(17-12-18(24)13-17)11-15-5-3-2-4-6-15/h2-6,16-19,24H,7-13H2,1H3,(H,21,25). The van der Waals surface area contributed by atoms with Crippen molar-refractivity contribution in [2.24, 2.45) is 11.8 Å². The van der Waals surface area contributed by atoms with Crippen LogP contribution in [0.4, 0.5) is 0 Å². The van der Waals surface area contributed by atoms with E-state index in [1.807, 2.05) is 23.1 Å². The van der Waals surface area contributed by atoms with Crippen LogP contribution < -0.4 is 5.32 Å². The smallest absolute Gasteiger partial charge is 0.223 e. The van der Waals surface area contributed by atoms with Crippen molar-refractivity contribution in [3.05, 3.63) is 35.9 Å². The van der Waals surface area contributed by atoms with Crippen molar-refractivity contribution in [3.8, 4) is 0 Å². The number of aliphatic hydroxyl groups is 1. The molecule has 1 aliphatic carbocycles. The van der Waals surface area contributed by atoms with E-state index >= 15 is 0 Å². The number of likely N-dealkylation sites (tertiary alicyclic amines) is 1. The van der Waals surface area contributed by atoms with E-state index < -0.39 is 0 Å². The summed E-state index contributed by atoms with van der Waals surface area (Å²) in [5.74, 6) is 0.519. The Hall–Kier alpha value is -1.88. The van der Waals surface area contributed by atoms with Gasteiger partial charge in [0, 0.05) is 32.0 Å². The summed E-state index contributed by atoms with van der Waals surface area (Å²) in [6, 6.07) is 10.3. The second-order valence-corrected chi connectivity index (χ2v) is 7.47. The molecule has 1 aromatic carbocycles. The van der Waals surface area contributed by atoms with E-state index in [-0.39, 0.29) is 29.9 Å². The average Bonchev–Trinajstić information content (AvgIpc) is 2.59. The highest BCUT2D eigenvalue weighted by atomic mass is 16.3. The first-order valence-corrected chi connectivity index (χ1v) is 9.31. The Labute approximate surface area is 149 Å². The second kappa shape index (κ2) is 8.00. The minimum absolute atomic E-state index is 0.0149. The molecular weight excluding hydrogens is 316 g/mol. The molecule has 1 heterocycles. The number of benzene rings is 1. The van der Waals surface area contributed by atoms with Crippen LogP contribution in [-0.4, -0.2) is 47.1 Å². The van der Waals surface area contributed by atoms with E-state index in [4.69, 9.17) is 0 Å². The van der Waals surface area contributed by atoms with Crippen LogP contribution in [-0.2, 0) is 16.0 Å². The summed E-state index contributed by atoms with van der Waals surface area (Å²) in [5.41, 5.74) is 1.21. The van der Waals surface area contributed by atoms with E-state index in [1.54, 1.807) is 6.92 Å². The summed E-state index contributed by atoms with van der Waals surface area (Å²) in [5, 5.41) is 12.9. The highest BCUT2D eigenvalue weighted by Crippen LogP contribution is 2.32. The van der Waals surface area contributed by atoms with Crippen LogP contribution in [0.3, 0.4) is 0 Å². The first-order chi connectivity index (χ1) is 12.0. The molecule has 2 amide bonds. The molecule has 25 heavy (non-hydrogen) atoms. The fourth-order valence-electron chi connectivity index (χ4n) is 3.92. The summed E-state index contributed by atoms with van der Waals surface area (Å²) >= 11 is 0. The molecule has 5 nitrogen and oxygen atoms in total. The zero-order chi connectivity index (χ0) is 17.8. The highest BCUT2D eigenvalue weighted by Gasteiger charge is 2.36. The number of aliphatic hydroxyl groups excluding tert-OH is 1. The summed E-state index contributed by atoms with van der Waals surface area (Å²) in [6.45, 7) is 2.91. The maximum atomic E-state index is 12.7. The monoisotopic (exact) mass is 344 g/mol. The lowest BCUT2D eigenvalue weighted by Crippen LogP contribution is -2.51. The summed E-state index contributed by atoms with van der Waals surface area (Å²) in [4.78, 5) is 26.0. The Balaban J connectivity index is 1.58. The molecule has 5 heteroatoms. The van der Waals surface area contributed by atoms with Gasteiger partial charge in [0.05, 0.1) is 6.10 Å². The third-order valence-corrected chi connectivity index (χ3v) is 5.66. The van der Waals surface area contributed by atoms with Gasteiger partial charge in [0.1, 0.15) is 0 Å². The van der Waals surface area contributed by atoms with Crippen LogP contribution in [0.25, 0.3) is 0 Å². The molecule has 2 fully saturated rings. The van der Waals surface area contributed by atoms with Crippen LogP contribution in [0.2, 0.25) is 0 Å². The van der Waals surface area contributed by atoms with E-state index in [9.17, 15) is 14.7 Å². The molecule has 2 N–H and O–H groups in total. The quantitative estimate of drug-likeness (QED) is 0.855. The fourth-order valence-corrected chi connectivity index (χ4v) is 3.92. The number of rotatable bonds is 5. The van der Waals surface area contributed by atoms with Crippen molar-refractivity contribution in [1.29, 1.82) is 0 Å². The summed E-state index contributed by atoms with van der Waals surface area (Å²) < 4.78 is 0. The van der Waals surface area contributed by atoms with Crippen molar-refractivity contribution in [1.82, 2.24) is 10.2 Å². The van der Waals surface area contributed by atoms with E-state index in [1.165, 1.54) is 5.56 Å². The average molecular weight is 344 g/mol. The van der Waals surface area contributed by atoms with Gasteiger partial charge in [-0.05, 0) is 43.6 Å². The first-order valence-electron chi connectivity index (χ1n) is 9.31. The largest absolute Gasteiger partial charge is 0.393 e. The predicted molar refractivity (Wildman–Crippen MR) is 95.8 cm³/mol. The fraction of sp³-hybridized carbons (Fsp3) is 0.600. The normalized spacial score (nSPS) is 25.1. The van der Waals surface area contributed by atoms with Gasteiger partial charge < -0.3 is 15.3 Å². The van der Waals surface area contributed by atoms with Crippen molar-refractivity contribution in [2.45, 2.75) is 51.2 Å². The third-order valence-electron chi connectivity index (χ3n) is 5.66. The second-order valence-electron chi connectivity index (χ2n) is 7.47. The Morgan fingerprint density at radius 2 is 1.84 bits per heavy atom. The molecule has 0 aromatic heterocycles. The van der Waals surface area contributed by atoms with Crippen molar-refractivity contribution < 1.29 is 14.7 Å². The maximum Gasteiger partial charge on any atom is 0.223 e. The number of hydrogen-bond donors (Lipinski definition) is 2. The van der Waals surface area contributed by atoms with Gasteiger partial charge in [-0.15, -0.1) is 0 Å². The number of carbonyl (C=O) groups excluding carboxylic acids is 2. The zero-order valence-electron chi connectivity index (χ0n) is 14.9. The SMILES string of the molecule is CC(=O)N1CCC(C(=O)NC(Cc2ccccc2)C2CC(O)C2)CC1. The molecule has 2 aliphatic rings. The Bertz CT molecular complexity index is 590. The number of hydrogen-bond acceptors (Lipinski definition) is 3. The molecule has 0 radical (unpaired) electrons. The Kier molecular flexibility index (Phi) is 5.74. The lowest BCUT2D eigenvalue weighted by Gasteiger charge is -2.39. The van der Waals surface area contributed by atoms with Gasteiger partial charge in [0.15, 0.2) is 0 Å². The van der Waals surface area contributed by atoms with Crippen molar-refractivity contribution in [3.63, 3.8) is 0 Å². The van der Waals surface area contributed by atoms with Gasteiger partial charge in [-0.25, -0.2) is 0 Å². The van der Waals surface area contributed by atoms with Gasteiger partial charge in [-0.1, -0.05) is 30.3 Å². The molecule has 1 saturated carbocycles. The van der Waals surface area contributed by atoms with Gasteiger partial charge in [0.25, 0.3) is 0 Å². The molecule has 1 unspecified atom stereocenters. The Morgan fingerprint density at radius 3 is 2.40 bits per heavy atom. The van der Waals surface area contributed by atoms with Crippen molar-refractivity contribution in [2.75, 3.05) is 13.1 Å². The number of carbonyl (C=O) groups is 2. The third kappa shape index (κ3) is 4.60. The molecule has 1 atom stereocenters. The summed E-state index contributed by atoms with van der Waals surface area (Å²) in [6.07, 6.45) is 3.57. The Morgan fingerprint density at radius 1 is 1.20 bits per heavy atom. The van der Waals surface area contributed by atoms with Crippen LogP contribution >= 0.6 is 0 Å².